The van der Waals surface area contributed by atoms with Crippen molar-refractivity contribution in [2.75, 3.05) is 25.6 Å². The van der Waals surface area contributed by atoms with E-state index < -0.39 is 34.4 Å². The molecule has 0 amide bonds. The summed E-state index contributed by atoms with van der Waals surface area (Å²) in [4.78, 5) is 42.5. The molecule has 216 valence electrons. The topological polar surface area (TPSA) is 142 Å². The summed E-state index contributed by atoms with van der Waals surface area (Å²) in [6.07, 6.45) is 0. The van der Waals surface area contributed by atoms with Crippen LogP contribution in [0.25, 0.3) is 11.3 Å². The minimum atomic E-state index is -1.14. The van der Waals surface area contributed by atoms with Crippen LogP contribution in [0.5, 0.6) is 5.75 Å². The van der Waals surface area contributed by atoms with Gasteiger partial charge in [0.25, 0.3) is 0 Å². The van der Waals surface area contributed by atoms with Crippen LogP contribution in [0.15, 0.2) is 65.2 Å². The normalized spacial score (nSPS) is 20.1. The fourth-order valence-electron chi connectivity index (χ4n) is 5.17. The molecular formula is C29H32N4O7S. The summed E-state index contributed by atoms with van der Waals surface area (Å²) >= 11 is 1.28. The molecule has 12 heteroatoms. The van der Waals surface area contributed by atoms with Gasteiger partial charge in [0.1, 0.15) is 11.6 Å². The van der Waals surface area contributed by atoms with Crippen molar-refractivity contribution in [1.82, 2.24) is 10.3 Å². The van der Waals surface area contributed by atoms with E-state index in [4.69, 9.17) is 14.2 Å². The van der Waals surface area contributed by atoms with Crippen LogP contribution in [0.3, 0.4) is 0 Å². The molecule has 1 aromatic heterocycles. The second-order valence-corrected chi connectivity index (χ2v) is 10.4. The number of nitrogens with one attached hydrogen (secondary N) is 2. The maximum Gasteiger partial charge on any atom is 0.336 e. The maximum absolute atomic E-state index is 13.6. The second kappa shape index (κ2) is 12.4. The molecule has 41 heavy (non-hydrogen) atoms. The van der Waals surface area contributed by atoms with Crippen LogP contribution >= 0.6 is 11.3 Å². The Morgan fingerprint density at radius 1 is 1.15 bits per heavy atom. The molecule has 2 aromatic carbocycles. The smallest absolute Gasteiger partial charge is 0.336 e. The number of hydrogen-bond donors (Lipinski definition) is 2. The van der Waals surface area contributed by atoms with Crippen LogP contribution in [0.1, 0.15) is 39.2 Å². The number of carbonyl (C=O) groups excluding carboxylic acids is 2. The maximum atomic E-state index is 13.6. The highest BCUT2D eigenvalue weighted by Crippen LogP contribution is 2.45. The van der Waals surface area contributed by atoms with Crippen molar-refractivity contribution in [2.45, 2.75) is 39.3 Å². The molecule has 0 radical (unpaired) electrons. The van der Waals surface area contributed by atoms with Crippen molar-refractivity contribution < 1.29 is 28.7 Å². The van der Waals surface area contributed by atoms with Gasteiger partial charge in [-0.3, -0.25) is 14.9 Å². The number of hydrogen-bond acceptors (Lipinski definition) is 11. The third-order valence-electron chi connectivity index (χ3n) is 6.85. The number of carbonyl (C=O) groups is 2. The van der Waals surface area contributed by atoms with Crippen molar-refractivity contribution in [3.63, 3.8) is 0 Å². The molecule has 0 saturated heterocycles. The molecule has 4 rings (SSSR count). The number of thiazole rings is 1. The van der Waals surface area contributed by atoms with Gasteiger partial charge in [0.05, 0.1) is 36.5 Å². The van der Waals surface area contributed by atoms with Crippen LogP contribution in [0.4, 0.5) is 10.8 Å². The zero-order chi connectivity index (χ0) is 29.7. The highest BCUT2D eigenvalue weighted by molar-refractivity contribution is 7.14. The number of benzene rings is 2. The Bertz CT molecular complexity index is 1470. The van der Waals surface area contributed by atoms with Crippen molar-refractivity contribution in [3.05, 3.63) is 80.9 Å². The van der Waals surface area contributed by atoms with Gasteiger partial charge in [0, 0.05) is 28.6 Å². The van der Waals surface area contributed by atoms with Gasteiger partial charge in [0.2, 0.25) is 0 Å². The van der Waals surface area contributed by atoms with E-state index in [1.165, 1.54) is 30.6 Å². The Balaban J connectivity index is 1.78. The molecule has 2 N–H and O–H groups in total. The van der Waals surface area contributed by atoms with Gasteiger partial charge in [-0.05, 0) is 45.4 Å². The number of ether oxygens (including phenoxy) is 3. The lowest BCUT2D eigenvalue weighted by Crippen LogP contribution is -2.62. The number of esters is 2. The number of rotatable bonds is 10. The zero-order valence-corrected chi connectivity index (χ0v) is 24.2. The molecule has 0 fully saturated rings. The van der Waals surface area contributed by atoms with E-state index in [0.29, 0.717) is 27.7 Å². The predicted molar refractivity (Wildman–Crippen MR) is 155 cm³/mol. The van der Waals surface area contributed by atoms with Crippen LogP contribution < -0.4 is 15.4 Å². The highest BCUT2D eigenvalue weighted by atomic mass is 32.1. The summed E-state index contributed by atoms with van der Waals surface area (Å²) < 4.78 is 16.0. The predicted octanol–water partition coefficient (Wildman–Crippen LogP) is 5.26. The van der Waals surface area contributed by atoms with E-state index in [-0.39, 0.29) is 24.7 Å². The largest absolute Gasteiger partial charge is 0.490 e. The molecule has 3 atom stereocenters. The summed E-state index contributed by atoms with van der Waals surface area (Å²) in [5.41, 5.74) is 1.38. The quantitative estimate of drug-likeness (QED) is 0.185. The molecule has 1 aliphatic heterocycles. The molecule has 0 saturated carbocycles. The van der Waals surface area contributed by atoms with Gasteiger partial charge in [0.15, 0.2) is 10.9 Å². The minimum Gasteiger partial charge on any atom is -0.490 e. The summed E-state index contributed by atoms with van der Waals surface area (Å²) in [7, 11) is 1.37. The SMILES string of the molecule is CCOC(=O)C1=C(C)NC(C)(Nc2nc(-c3ccc(OC)c([N+](=O)[O-])c3)cs2)C(C(=O)OCC)C1c1ccccc1. The average molecular weight is 581 g/mol. The van der Waals surface area contributed by atoms with Gasteiger partial charge in [-0.15, -0.1) is 11.3 Å². The lowest BCUT2D eigenvalue weighted by molar-refractivity contribution is -0.385. The van der Waals surface area contributed by atoms with Gasteiger partial charge >= 0.3 is 17.6 Å². The first-order valence-corrected chi connectivity index (χ1v) is 14.0. The molecule has 1 aliphatic rings. The van der Waals surface area contributed by atoms with E-state index in [0.717, 1.165) is 5.56 Å². The first-order valence-electron chi connectivity index (χ1n) is 13.1. The first kappa shape index (κ1) is 29.5. The lowest BCUT2D eigenvalue weighted by atomic mass is 9.71. The van der Waals surface area contributed by atoms with Gasteiger partial charge in [-0.1, -0.05) is 30.3 Å². The molecule has 0 spiro atoms. The van der Waals surface area contributed by atoms with Gasteiger partial charge in [-0.25, -0.2) is 9.78 Å². The molecule has 11 nitrogen and oxygen atoms in total. The van der Waals surface area contributed by atoms with Crippen molar-refractivity contribution in [1.29, 1.82) is 0 Å². The van der Waals surface area contributed by atoms with Crippen LogP contribution in [0.2, 0.25) is 0 Å². The number of nitro benzene ring substituents is 1. The Labute approximate surface area is 241 Å². The summed E-state index contributed by atoms with van der Waals surface area (Å²) in [5.74, 6) is -2.45. The number of nitro groups is 1. The Morgan fingerprint density at radius 3 is 2.49 bits per heavy atom. The zero-order valence-electron chi connectivity index (χ0n) is 23.4. The molecule has 3 aromatic rings. The molecule has 2 heterocycles. The Hall–Kier alpha value is -4.45. The number of allylic oxidation sites excluding steroid dienone is 1. The Kier molecular flexibility index (Phi) is 8.92. The van der Waals surface area contributed by atoms with Gasteiger partial charge in [-0.2, -0.15) is 0 Å². The molecule has 0 bridgehead atoms. The fraction of sp³-hybridized carbons (Fsp3) is 0.345. The van der Waals surface area contributed by atoms with Crippen LogP contribution in [-0.4, -0.2) is 47.8 Å². The third-order valence-corrected chi connectivity index (χ3v) is 7.61. The summed E-state index contributed by atoms with van der Waals surface area (Å²) in [6.45, 7) is 7.38. The monoisotopic (exact) mass is 580 g/mol. The first-order chi connectivity index (χ1) is 19.6. The Morgan fingerprint density at radius 2 is 1.85 bits per heavy atom. The number of anilines is 1. The average Bonchev–Trinajstić information content (AvgIpc) is 3.40. The van der Waals surface area contributed by atoms with Crippen LogP contribution in [0, 0.1) is 16.0 Å². The number of nitrogens with zero attached hydrogens (tertiary/aromatic N) is 2. The molecule has 3 unspecified atom stereocenters. The standard InChI is InChI=1S/C29H32N4O7S/c1-6-39-26(34)23-17(3)31-29(4,25(27(35)40-7-2)24(23)18-11-9-8-10-12-18)32-28-30-20(16-41-28)19-13-14-22(38-5)21(15-19)33(36)37/h8-16,24-25,31H,6-7H2,1-5H3,(H,30,32). The second-order valence-electron chi connectivity index (χ2n) is 9.51. The van der Waals surface area contributed by atoms with Crippen molar-refractivity contribution in [3.8, 4) is 17.0 Å². The van der Waals surface area contributed by atoms with E-state index in [1.54, 1.807) is 32.2 Å². The summed E-state index contributed by atoms with van der Waals surface area (Å²) in [5, 5.41) is 20.5. The molecular weight excluding hydrogens is 548 g/mol. The minimum absolute atomic E-state index is 0.148. The van der Waals surface area contributed by atoms with E-state index in [2.05, 4.69) is 15.6 Å². The third kappa shape index (κ3) is 6.02. The van der Waals surface area contributed by atoms with Crippen molar-refractivity contribution in [2.24, 2.45) is 5.92 Å². The van der Waals surface area contributed by atoms with Crippen molar-refractivity contribution >= 4 is 34.1 Å². The number of methoxy groups -OCH3 is 1. The summed E-state index contributed by atoms with van der Waals surface area (Å²) in [6, 6.07) is 13.9. The van der Waals surface area contributed by atoms with E-state index in [1.807, 2.05) is 37.3 Å². The van der Waals surface area contributed by atoms with Gasteiger partial charge < -0.3 is 24.8 Å². The lowest BCUT2D eigenvalue weighted by Gasteiger charge is -2.46. The van der Waals surface area contributed by atoms with E-state index >= 15 is 0 Å². The highest BCUT2D eigenvalue weighted by Gasteiger charge is 2.53. The van der Waals surface area contributed by atoms with E-state index in [9.17, 15) is 19.7 Å². The molecule has 0 aliphatic carbocycles. The fourth-order valence-corrected chi connectivity index (χ4v) is 6.00. The van der Waals surface area contributed by atoms with Crippen LogP contribution in [-0.2, 0) is 19.1 Å². The number of aromatic nitrogens is 1.